The van der Waals surface area contributed by atoms with E-state index in [-0.39, 0.29) is 6.17 Å². The smallest absolute Gasteiger partial charge is 0.159 e. The van der Waals surface area contributed by atoms with E-state index < -0.39 is 0 Å². The molecule has 0 bridgehead atoms. The second-order valence-electron chi connectivity index (χ2n) is 13.4. The minimum atomic E-state index is -0.314. The van der Waals surface area contributed by atoms with Crippen LogP contribution in [0.5, 0.6) is 0 Å². The predicted molar refractivity (Wildman–Crippen MR) is 219 cm³/mol. The molecule has 1 atom stereocenters. The van der Waals surface area contributed by atoms with Gasteiger partial charge in [0.25, 0.3) is 0 Å². The van der Waals surface area contributed by atoms with Crippen LogP contribution in [0.2, 0.25) is 0 Å². The van der Waals surface area contributed by atoms with E-state index in [0.29, 0.717) is 5.84 Å². The van der Waals surface area contributed by atoms with Crippen LogP contribution in [0.3, 0.4) is 0 Å². The number of furan rings is 1. The summed E-state index contributed by atoms with van der Waals surface area (Å²) in [4.78, 5) is 10.4. The van der Waals surface area contributed by atoms with Gasteiger partial charge in [0, 0.05) is 21.9 Å². The summed E-state index contributed by atoms with van der Waals surface area (Å²) in [5, 5.41) is 8.20. The molecule has 0 saturated heterocycles. The average molecular weight is 680 g/mol. The Morgan fingerprint density at radius 2 is 1.02 bits per heavy atom. The number of hydrogen-bond donors (Lipinski definition) is 1. The molecule has 1 aliphatic heterocycles. The monoisotopic (exact) mass is 679 g/mol. The van der Waals surface area contributed by atoms with Crippen molar-refractivity contribution in [3.05, 3.63) is 205 Å². The van der Waals surface area contributed by atoms with Gasteiger partial charge in [-0.15, -0.1) is 0 Å². The number of nitrogens with one attached hydrogen (secondary N) is 1. The first-order valence-electron chi connectivity index (χ1n) is 17.9. The summed E-state index contributed by atoms with van der Waals surface area (Å²) in [6, 6.07) is 65.9. The van der Waals surface area contributed by atoms with Gasteiger partial charge in [-0.25, -0.2) is 9.98 Å². The molecule has 1 unspecified atom stereocenters. The zero-order valence-electron chi connectivity index (χ0n) is 28.8. The Morgan fingerprint density at radius 1 is 0.434 bits per heavy atom. The molecule has 0 amide bonds. The molecule has 0 radical (unpaired) electrons. The molecule has 0 aliphatic carbocycles. The molecule has 9 aromatic rings. The van der Waals surface area contributed by atoms with Crippen LogP contribution in [-0.2, 0) is 0 Å². The molecule has 0 saturated carbocycles. The summed E-state index contributed by atoms with van der Waals surface area (Å²) in [5.74, 6) is 1.44. The van der Waals surface area contributed by atoms with Crippen LogP contribution in [0.25, 0.3) is 66.1 Å². The molecule has 10 rings (SSSR count). The highest BCUT2D eigenvalue weighted by molar-refractivity contribution is 6.22. The fraction of sp³-hybridized carbons (Fsp3) is 0.0204. The van der Waals surface area contributed by atoms with Crippen LogP contribution in [0.15, 0.2) is 202 Å². The van der Waals surface area contributed by atoms with Crippen molar-refractivity contribution in [3.8, 4) is 33.4 Å². The minimum absolute atomic E-state index is 0.314. The number of hydrogen-bond acceptors (Lipinski definition) is 4. The lowest BCUT2D eigenvalue weighted by molar-refractivity contribution is 0.668. The van der Waals surface area contributed by atoms with E-state index >= 15 is 0 Å². The fourth-order valence-electron chi connectivity index (χ4n) is 7.39. The summed E-state index contributed by atoms with van der Waals surface area (Å²) < 4.78 is 6.44. The maximum Gasteiger partial charge on any atom is 0.159 e. The molecule has 1 aromatic heterocycles. The van der Waals surface area contributed by atoms with Crippen molar-refractivity contribution in [2.45, 2.75) is 6.17 Å². The number of rotatable bonds is 6. The van der Waals surface area contributed by atoms with Gasteiger partial charge in [-0.3, -0.25) is 0 Å². The van der Waals surface area contributed by atoms with Gasteiger partial charge in [-0.05, 0) is 74.0 Å². The number of aliphatic imine (C=N–C) groups is 2. The fourth-order valence-corrected chi connectivity index (χ4v) is 7.39. The third kappa shape index (κ3) is 5.77. The predicted octanol–water partition coefficient (Wildman–Crippen LogP) is 12.2. The van der Waals surface area contributed by atoms with Crippen LogP contribution >= 0.6 is 0 Å². The summed E-state index contributed by atoms with van der Waals surface area (Å²) in [5.41, 5.74) is 11.7. The summed E-state index contributed by atoms with van der Waals surface area (Å²) >= 11 is 0. The average Bonchev–Trinajstić information content (AvgIpc) is 3.62. The van der Waals surface area contributed by atoms with Crippen molar-refractivity contribution in [3.63, 3.8) is 0 Å². The Bertz CT molecular complexity index is 2830. The van der Waals surface area contributed by atoms with Gasteiger partial charge in [-0.2, -0.15) is 0 Å². The van der Waals surface area contributed by atoms with Crippen molar-refractivity contribution in [2.75, 3.05) is 0 Å². The molecule has 53 heavy (non-hydrogen) atoms. The standard InChI is InChI=1S/C49H33N3O/c1-3-10-32(11-4-1)34-18-20-35(21-19-34)36-22-25-38(26-23-36)48-50-47(37-13-5-2-6-14-37)51-49(52-48)42-16-9-17-45-46(42)43-31-41(28-29-44(43)53-45)40-27-24-33-12-7-8-15-39(33)30-40/h1-31,47H,(H,50,51,52). The second kappa shape index (κ2) is 12.9. The van der Waals surface area contributed by atoms with Gasteiger partial charge >= 0.3 is 0 Å². The van der Waals surface area contributed by atoms with Crippen LogP contribution in [0.4, 0.5) is 0 Å². The van der Waals surface area contributed by atoms with Crippen LogP contribution in [0.1, 0.15) is 22.9 Å². The highest BCUT2D eigenvalue weighted by Crippen LogP contribution is 2.36. The van der Waals surface area contributed by atoms with Crippen molar-refractivity contribution in [2.24, 2.45) is 9.98 Å². The normalized spacial score (nSPS) is 14.2. The van der Waals surface area contributed by atoms with Crippen molar-refractivity contribution >= 4 is 44.4 Å². The quantitative estimate of drug-likeness (QED) is 0.190. The molecule has 0 spiro atoms. The largest absolute Gasteiger partial charge is 0.456 e. The lowest BCUT2D eigenvalue weighted by Gasteiger charge is -2.24. The zero-order valence-corrected chi connectivity index (χ0v) is 28.8. The Morgan fingerprint density at radius 3 is 1.75 bits per heavy atom. The van der Waals surface area contributed by atoms with Crippen molar-refractivity contribution in [1.29, 1.82) is 0 Å². The topological polar surface area (TPSA) is 49.9 Å². The molecule has 1 N–H and O–H groups in total. The van der Waals surface area contributed by atoms with Crippen LogP contribution in [0, 0.1) is 0 Å². The third-order valence-corrected chi connectivity index (χ3v) is 10.2. The molecular formula is C49H33N3O. The maximum absolute atomic E-state index is 6.44. The molecule has 2 heterocycles. The maximum atomic E-state index is 6.44. The molecule has 4 heteroatoms. The lowest BCUT2D eigenvalue weighted by Crippen LogP contribution is -2.33. The molecule has 250 valence electrons. The van der Waals surface area contributed by atoms with E-state index in [0.717, 1.165) is 61.2 Å². The van der Waals surface area contributed by atoms with E-state index in [1.54, 1.807) is 0 Å². The van der Waals surface area contributed by atoms with E-state index in [4.69, 9.17) is 14.4 Å². The first-order chi connectivity index (χ1) is 26.2. The molecule has 4 nitrogen and oxygen atoms in total. The number of amidine groups is 2. The second-order valence-corrected chi connectivity index (χ2v) is 13.4. The summed E-state index contributed by atoms with van der Waals surface area (Å²) in [6.45, 7) is 0. The highest BCUT2D eigenvalue weighted by atomic mass is 16.3. The summed E-state index contributed by atoms with van der Waals surface area (Å²) in [6.07, 6.45) is -0.314. The van der Waals surface area contributed by atoms with E-state index in [2.05, 4.69) is 157 Å². The van der Waals surface area contributed by atoms with Gasteiger partial charge in [0.2, 0.25) is 0 Å². The van der Waals surface area contributed by atoms with Crippen LogP contribution in [-0.4, -0.2) is 11.7 Å². The van der Waals surface area contributed by atoms with Gasteiger partial charge in [0.15, 0.2) is 5.84 Å². The first-order valence-corrected chi connectivity index (χ1v) is 17.9. The van der Waals surface area contributed by atoms with E-state index in [9.17, 15) is 0 Å². The van der Waals surface area contributed by atoms with Gasteiger partial charge < -0.3 is 9.73 Å². The van der Waals surface area contributed by atoms with Gasteiger partial charge in [0.05, 0.1) is 0 Å². The summed E-state index contributed by atoms with van der Waals surface area (Å²) in [7, 11) is 0. The first kappa shape index (κ1) is 30.8. The molecule has 1 aliphatic rings. The number of benzene rings is 8. The molecule has 8 aromatic carbocycles. The Labute approximate surface area is 307 Å². The number of fused-ring (bicyclic) bond motifs is 4. The Kier molecular flexibility index (Phi) is 7.51. The number of nitrogens with zero attached hydrogens (tertiary/aromatic N) is 2. The van der Waals surface area contributed by atoms with E-state index in [1.807, 2.05) is 36.4 Å². The zero-order chi connectivity index (χ0) is 35.1. The van der Waals surface area contributed by atoms with E-state index in [1.165, 1.54) is 27.5 Å². The molecule has 0 fully saturated rings. The van der Waals surface area contributed by atoms with Gasteiger partial charge in [0.1, 0.15) is 23.2 Å². The Hall–Kier alpha value is -7.04. The minimum Gasteiger partial charge on any atom is -0.456 e. The Balaban J connectivity index is 1.04. The lowest BCUT2D eigenvalue weighted by atomic mass is 9.98. The SMILES string of the molecule is c1ccc(-c2ccc(-c3ccc(C4=NC(c5ccccc5)NC(c5cccc6oc7ccc(-c8ccc9ccccc9c8)cc7c56)=N4)cc3)cc2)cc1. The highest BCUT2D eigenvalue weighted by Gasteiger charge is 2.24. The molecular weight excluding hydrogens is 647 g/mol. The van der Waals surface area contributed by atoms with Crippen molar-refractivity contribution < 1.29 is 4.42 Å². The third-order valence-electron chi connectivity index (χ3n) is 10.2. The van der Waals surface area contributed by atoms with Crippen molar-refractivity contribution in [1.82, 2.24) is 5.32 Å². The van der Waals surface area contributed by atoms with Gasteiger partial charge in [-0.1, -0.05) is 164 Å². The van der Waals surface area contributed by atoms with Crippen LogP contribution < -0.4 is 5.32 Å².